The van der Waals surface area contributed by atoms with E-state index >= 15 is 0 Å². The Morgan fingerprint density at radius 3 is 2.65 bits per heavy atom. The summed E-state index contributed by atoms with van der Waals surface area (Å²) in [6.45, 7) is 4.38. The Hall–Kier alpha value is -0.140. The standard InChI is InChI=1S/C13H18BrClN2O2S/c1-13(5-7-16-8-6-13)9-17-20(18,19)12-10(14)3-2-4-11(12)15/h2-4,16-17H,5-9H2,1H3. The highest BCUT2D eigenvalue weighted by atomic mass is 79.9. The van der Waals surface area contributed by atoms with Gasteiger partial charge in [0.15, 0.2) is 0 Å². The second kappa shape index (κ2) is 6.32. The van der Waals surface area contributed by atoms with E-state index in [0.717, 1.165) is 25.9 Å². The third kappa shape index (κ3) is 3.74. The molecule has 1 aromatic carbocycles. The third-order valence-corrected chi connectivity index (χ3v) is 6.54. The second-order valence-corrected chi connectivity index (χ2v) is 8.40. The van der Waals surface area contributed by atoms with Crippen LogP contribution in [0.1, 0.15) is 19.8 Å². The molecule has 0 unspecified atom stereocenters. The zero-order valence-corrected chi connectivity index (χ0v) is 14.4. The molecule has 1 aliphatic heterocycles. The highest BCUT2D eigenvalue weighted by Gasteiger charge is 2.30. The molecule has 1 aromatic rings. The fourth-order valence-corrected chi connectivity index (χ4v) is 5.22. The largest absolute Gasteiger partial charge is 0.317 e. The van der Waals surface area contributed by atoms with Crippen molar-refractivity contribution in [3.05, 3.63) is 27.7 Å². The van der Waals surface area contributed by atoms with Crippen molar-refractivity contribution in [2.24, 2.45) is 5.41 Å². The minimum Gasteiger partial charge on any atom is -0.317 e. The number of hydrogen-bond acceptors (Lipinski definition) is 3. The minimum atomic E-state index is -3.61. The normalized spacial score (nSPS) is 18.9. The molecule has 0 amide bonds. The number of hydrogen-bond donors (Lipinski definition) is 2. The maximum absolute atomic E-state index is 12.4. The highest BCUT2D eigenvalue weighted by molar-refractivity contribution is 9.10. The van der Waals surface area contributed by atoms with Gasteiger partial charge in [0.05, 0.1) is 5.02 Å². The molecule has 1 saturated heterocycles. The van der Waals surface area contributed by atoms with Gasteiger partial charge in [0.2, 0.25) is 10.0 Å². The van der Waals surface area contributed by atoms with Crippen LogP contribution in [0.3, 0.4) is 0 Å². The minimum absolute atomic E-state index is 0.00788. The smallest absolute Gasteiger partial charge is 0.243 e. The van der Waals surface area contributed by atoms with Gasteiger partial charge in [-0.3, -0.25) is 0 Å². The summed E-state index contributed by atoms with van der Waals surface area (Å²) >= 11 is 9.26. The van der Waals surface area contributed by atoms with Gasteiger partial charge >= 0.3 is 0 Å². The molecule has 4 nitrogen and oxygen atoms in total. The van der Waals surface area contributed by atoms with Gasteiger partial charge in [0.1, 0.15) is 4.90 Å². The van der Waals surface area contributed by atoms with Gasteiger partial charge in [-0.05, 0) is 59.4 Å². The quantitative estimate of drug-likeness (QED) is 0.843. The van der Waals surface area contributed by atoms with E-state index in [0.29, 0.717) is 11.0 Å². The number of rotatable bonds is 4. The van der Waals surface area contributed by atoms with Crippen molar-refractivity contribution in [3.8, 4) is 0 Å². The average molecular weight is 382 g/mol. The summed E-state index contributed by atoms with van der Waals surface area (Å²) in [6, 6.07) is 4.96. The van der Waals surface area contributed by atoms with Crippen LogP contribution >= 0.6 is 27.5 Å². The van der Waals surface area contributed by atoms with Crippen LogP contribution in [0.15, 0.2) is 27.6 Å². The molecule has 0 aromatic heterocycles. The first kappa shape index (κ1) is 16.2. The van der Waals surface area contributed by atoms with Gasteiger partial charge in [-0.2, -0.15) is 0 Å². The van der Waals surface area contributed by atoms with Crippen LogP contribution in [0, 0.1) is 5.41 Å². The highest BCUT2D eigenvalue weighted by Crippen LogP contribution is 2.31. The predicted molar refractivity (Wildman–Crippen MR) is 84.6 cm³/mol. The molecule has 20 heavy (non-hydrogen) atoms. The topological polar surface area (TPSA) is 58.2 Å². The monoisotopic (exact) mass is 380 g/mol. The third-order valence-electron chi connectivity index (χ3n) is 3.69. The molecular weight excluding hydrogens is 364 g/mol. The maximum atomic E-state index is 12.4. The van der Waals surface area contributed by atoms with Crippen molar-refractivity contribution in [1.29, 1.82) is 0 Å². The molecular formula is C13H18BrClN2O2S. The summed E-state index contributed by atoms with van der Waals surface area (Å²) in [5.41, 5.74) is -0.00788. The summed E-state index contributed by atoms with van der Waals surface area (Å²) in [4.78, 5) is 0.110. The van der Waals surface area contributed by atoms with Crippen LogP contribution in [0.2, 0.25) is 5.02 Å². The van der Waals surface area contributed by atoms with E-state index in [4.69, 9.17) is 11.6 Å². The van der Waals surface area contributed by atoms with Gasteiger partial charge in [-0.15, -0.1) is 0 Å². The molecule has 7 heteroatoms. The molecule has 1 aliphatic rings. The SMILES string of the molecule is CC1(CNS(=O)(=O)c2c(Cl)cccc2Br)CCNCC1. The summed E-state index contributed by atoms with van der Waals surface area (Å²) in [5.74, 6) is 0. The Bertz CT molecular complexity index is 566. The molecule has 0 bridgehead atoms. The fourth-order valence-electron chi connectivity index (χ4n) is 2.29. The fraction of sp³-hybridized carbons (Fsp3) is 0.538. The Morgan fingerprint density at radius 2 is 2.05 bits per heavy atom. The van der Waals surface area contributed by atoms with Crippen LogP contribution in [0.25, 0.3) is 0 Å². The van der Waals surface area contributed by atoms with E-state index in [1.54, 1.807) is 18.2 Å². The lowest BCUT2D eigenvalue weighted by Crippen LogP contribution is -2.42. The molecule has 2 rings (SSSR count). The summed E-state index contributed by atoms with van der Waals surface area (Å²) in [7, 11) is -3.61. The first-order chi connectivity index (χ1) is 9.34. The Morgan fingerprint density at radius 1 is 1.40 bits per heavy atom. The molecule has 1 heterocycles. The number of sulfonamides is 1. The molecule has 0 radical (unpaired) electrons. The second-order valence-electron chi connectivity index (χ2n) is 5.44. The summed E-state index contributed by atoms with van der Waals surface area (Å²) in [6.07, 6.45) is 1.92. The van der Waals surface area contributed by atoms with Crippen LogP contribution in [0.5, 0.6) is 0 Å². The molecule has 2 N–H and O–H groups in total. The number of benzene rings is 1. The van der Waals surface area contributed by atoms with Crippen LogP contribution < -0.4 is 10.0 Å². The molecule has 0 atom stereocenters. The van der Waals surface area contributed by atoms with Gasteiger partial charge in [0, 0.05) is 11.0 Å². The number of nitrogens with one attached hydrogen (secondary N) is 2. The van der Waals surface area contributed by atoms with Crippen molar-refractivity contribution in [2.45, 2.75) is 24.7 Å². The van der Waals surface area contributed by atoms with Crippen molar-refractivity contribution < 1.29 is 8.42 Å². The number of halogens is 2. The van der Waals surface area contributed by atoms with Gasteiger partial charge in [0.25, 0.3) is 0 Å². The van der Waals surface area contributed by atoms with Gasteiger partial charge < -0.3 is 5.32 Å². The van der Waals surface area contributed by atoms with E-state index in [9.17, 15) is 8.42 Å². The van der Waals surface area contributed by atoms with Crippen LogP contribution in [-0.2, 0) is 10.0 Å². The van der Waals surface area contributed by atoms with Crippen molar-refractivity contribution in [2.75, 3.05) is 19.6 Å². The van der Waals surface area contributed by atoms with E-state index in [-0.39, 0.29) is 15.3 Å². The Kier molecular flexibility index (Phi) is 5.13. The van der Waals surface area contributed by atoms with Gasteiger partial charge in [-0.1, -0.05) is 24.6 Å². The van der Waals surface area contributed by atoms with Crippen LogP contribution in [0.4, 0.5) is 0 Å². The summed E-state index contributed by atoms with van der Waals surface area (Å²) in [5, 5.41) is 3.51. The Labute approximate surface area is 133 Å². The molecule has 0 spiro atoms. The first-order valence-corrected chi connectivity index (χ1v) is 9.14. The lowest BCUT2D eigenvalue weighted by molar-refractivity contribution is 0.232. The van der Waals surface area contributed by atoms with Gasteiger partial charge in [-0.25, -0.2) is 13.1 Å². The maximum Gasteiger partial charge on any atom is 0.243 e. The van der Waals surface area contributed by atoms with E-state index < -0.39 is 10.0 Å². The van der Waals surface area contributed by atoms with Crippen molar-refractivity contribution >= 4 is 37.6 Å². The molecule has 0 aliphatic carbocycles. The average Bonchev–Trinajstić information content (AvgIpc) is 2.37. The lowest BCUT2D eigenvalue weighted by atomic mass is 9.81. The number of piperidine rings is 1. The molecule has 112 valence electrons. The van der Waals surface area contributed by atoms with E-state index in [2.05, 4.69) is 32.9 Å². The summed E-state index contributed by atoms with van der Waals surface area (Å²) < 4.78 is 28.0. The van der Waals surface area contributed by atoms with E-state index in [1.165, 1.54) is 0 Å². The molecule has 1 fully saturated rings. The van der Waals surface area contributed by atoms with Crippen LogP contribution in [-0.4, -0.2) is 28.1 Å². The molecule has 0 saturated carbocycles. The predicted octanol–water partition coefficient (Wildman–Crippen LogP) is 2.77. The first-order valence-electron chi connectivity index (χ1n) is 6.48. The van der Waals surface area contributed by atoms with Crippen molar-refractivity contribution in [3.63, 3.8) is 0 Å². The van der Waals surface area contributed by atoms with E-state index in [1.807, 2.05) is 0 Å². The zero-order valence-electron chi connectivity index (χ0n) is 11.2. The zero-order chi connectivity index (χ0) is 14.8. The van der Waals surface area contributed by atoms with Crippen molar-refractivity contribution in [1.82, 2.24) is 10.0 Å². The Balaban J connectivity index is 2.15. The lowest BCUT2D eigenvalue weighted by Gasteiger charge is -2.34.